The number of fused-ring (bicyclic) bond motifs is 1. The molecule has 0 aliphatic rings. The molecule has 5 rings (SSSR count). The molecule has 0 saturated carbocycles. The van der Waals surface area contributed by atoms with Crippen molar-refractivity contribution in [3.05, 3.63) is 127 Å². The van der Waals surface area contributed by atoms with E-state index < -0.39 is 0 Å². The fourth-order valence-electron chi connectivity index (χ4n) is 5.27. The van der Waals surface area contributed by atoms with Gasteiger partial charge in [-0.2, -0.15) is 9.78 Å². The van der Waals surface area contributed by atoms with Crippen molar-refractivity contribution in [3.63, 3.8) is 0 Å². The summed E-state index contributed by atoms with van der Waals surface area (Å²) in [5.74, 6) is 2.60. The van der Waals surface area contributed by atoms with Crippen molar-refractivity contribution >= 4 is 49.0 Å². The molecule has 0 unspecified atom stereocenters. The number of rotatable bonds is 11. The second-order valence-corrected chi connectivity index (χ2v) is 12.9. The molecule has 0 saturated heterocycles. The van der Waals surface area contributed by atoms with Gasteiger partial charge in [0, 0.05) is 25.6 Å². The molecular formula is C37H35Br2N3O4. The van der Waals surface area contributed by atoms with Crippen LogP contribution < -0.4 is 19.8 Å². The van der Waals surface area contributed by atoms with Crippen LogP contribution >= 0.6 is 31.9 Å². The largest absolute Gasteiger partial charge is 0.496 e. The van der Waals surface area contributed by atoms with Gasteiger partial charge in [-0.05, 0) is 84.5 Å². The average Bonchev–Trinajstić information content (AvgIpc) is 3.04. The second-order valence-electron chi connectivity index (χ2n) is 11.1. The van der Waals surface area contributed by atoms with Crippen molar-refractivity contribution < 1.29 is 14.2 Å². The molecule has 4 aromatic carbocycles. The molecule has 0 N–H and O–H groups in total. The Kier molecular flexibility index (Phi) is 10.4. The lowest BCUT2D eigenvalue weighted by atomic mass is 9.96. The summed E-state index contributed by atoms with van der Waals surface area (Å²) in [4.78, 5) is 18.9. The van der Waals surface area contributed by atoms with Crippen molar-refractivity contribution in [2.24, 2.45) is 5.10 Å². The fourth-order valence-corrected chi connectivity index (χ4v) is 6.43. The summed E-state index contributed by atoms with van der Waals surface area (Å²) < 4.78 is 21.0. The van der Waals surface area contributed by atoms with E-state index in [-0.39, 0.29) is 11.5 Å². The lowest BCUT2D eigenvalue weighted by Gasteiger charge is -2.18. The molecule has 0 spiro atoms. The summed E-state index contributed by atoms with van der Waals surface area (Å²) in [6.07, 6.45) is 4.00. The smallest absolute Gasteiger partial charge is 0.282 e. The molecule has 5 aromatic rings. The van der Waals surface area contributed by atoms with Crippen LogP contribution in [0, 0.1) is 6.92 Å². The van der Waals surface area contributed by atoms with Gasteiger partial charge in [0.2, 0.25) is 0 Å². The summed E-state index contributed by atoms with van der Waals surface area (Å²) in [6.45, 7) is 10.5. The number of nitrogens with zero attached hydrogens (tertiary/aromatic N) is 3. The van der Waals surface area contributed by atoms with Crippen LogP contribution in [0.4, 0.5) is 0 Å². The number of methoxy groups -OCH3 is 2. The highest BCUT2D eigenvalue weighted by Crippen LogP contribution is 2.36. The topological polar surface area (TPSA) is 74.9 Å². The lowest BCUT2D eigenvalue weighted by molar-refractivity contribution is 0.281. The first-order chi connectivity index (χ1) is 22.1. The van der Waals surface area contributed by atoms with Crippen molar-refractivity contribution in [2.75, 3.05) is 14.2 Å². The number of benzene rings is 4. The van der Waals surface area contributed by atoms with Crippen LogP contribution in [0.5, 0.6) is 17.2 Å². The van der Waals surface area contributed by atoms with Gasteiger partial charge in [-0.15, -0.1) is 6.58 Å². The third kappa shape index (κ3) is 6.95. The molecule has 0 aliphatic carbocycles. The average molecular weight is 746 g/mol. The fraction of sp³-hybridized carbons (Fsp3) is 0.216. The summed E-state index contributed by atoms with van der Waals surface area (Å²) >= 11 is 7.11. The van der Waals surface area contributed by atoms with E-state index in [4.69, 9.17) is 24.3 Å². The number of hydrogen-bond donors (Lipinski definition) is 0. The van der Waals surface area contributed by atoms with Gasteiger partial charge in [-0.25, -0.2) is 4.98 Å². The standard InChI is InChI=1S/C37H35Br2N3O4/c1-7-10-25-16-24(17-34(45-6)35(25)46-21-26-13-14-27(38)18-31(26)39)20-40-42-36(41-32-12-9-8-11-28(32)37(42)43)30-19-29(22(2)3)33(44-5)15-23(30)4/h7-9,11-20,22H,1,10,21H2,2-6H3. The first kappa shape index (κ1) is 33.2. The van der Waals surface area contributed by atoms with E-state index in [0.717, 1.165) is 48.1 Å². The summed E-state index contributed by atoms with van der Waals surface area (Å²) in [7, 11) is 3.27. The highest BCUT2D eigenvalue weighted by molar-refractivity contribution is 9.11. The number of halogens is 2. The van der Waals surface area contributed by atoms with E-state index in [1.165, 1.54) is 4.68 Å². The van der Waals surface area contributed by atoms with E-state index in [9.17, 15) is 4.79 Å². The van der Waals surface area contributed by atoms with Crippen LogP contribution in [0.1, 0.15) is 47.6 Å². The Morgan fingerprint density at radius 3 is 2.43 bits per heavy atom. The highest BCUT2D eigenvalue weighted by Gasteiger charge is 2.19. The molecule has 0 fully saturated rings. The summed E-state index contributed by atoms with van der Waals surface area (Å²) in [5, 5.41) is 5.21. The van der Waals surface area contributed by atoms with Gasteiger partial charge in [0.15, 0.2) is 17.3 Å². The van der Waals surface area contributed by atoms with Crippen molar-refractivity contribution in [2.45, 2.75) is 39.7 Å². The normalized spacial score (nSPS) is 11.4. The minimum atomic E-state index is -0.267. The zero-order valence-corrected chi connectivity index (χ0v) is 29.6. The summed E-state index contributed by atoms with van der Waals surface area (Å²) in [6, 6.07) is 21.1. The van der Waals surface area contributed by atoms with Crippen LogP contribution in [-0.4, -0.2) is 30.1 Å². The molecular weight excluding hydrogens is 710 g/mol. The number of aromatic nitrogens is 2. The van der Waals surface area contributed by atoms with Crippen molar-refractivity contribution in [3.8, 4) is 28.6 Å². The Bertz CT molecular complexity index is 2020. The van der Waals surface area contributed by atoms with Gasteiger partial charge in [0.25, 0.3) is 5.56 Å². The second kappa shape index (κ2) is 14.5. The predicted molar refractivity (Wildman–Crippen MR) is 193 cm³/mol. The maximum Gasteiger partial charge on any atom is 0.282 e. The molecule has 46 heavy (non-hydrogen) atoms. The van der Waals surface area contributed by atoms with E-state index in [1.807, 2.05) is 73.7 Å². The lowest BCUT2D eigenvalue weighted by Crippen LogP contribution is -2.21. The number of ether oxygens (including phenoxy) is 3. The van der Waals surface area contributed by atoms with E-state index in [0.29, 0.717) is 41.3 Å². The van der Waals surface area contributed by atoms with Gasteiger partial charge >= 0.3 is 0 Å². The minimum absolute atomic E-state index is 0.194. The molecule has 236 valence electrons. The van der Waals surface area contributed by atoms with E-state index >= 15 is 0 Å². The molecule has 0 radical (unpaired) electrons. The van der Waals surface area contributed by atoms with E-state index in [1.54, 1.807) is 26.5 Å². The zero-order valence-electron chi connectivity index (χ0n) is 26.4. The zero-order chi connectivity index (χ0) is 33.0. The molecule has 1 aromatic heterocycles. The SMILES string of the molecule is C=CCc1cc(C=Nn2c(-c3cc(C(C)C)c(OC)cc3C)nc3ccccc3c2=O)cc(OC)c1OCc1ccc(Br)cc1Br. The molecule has 0 amide bonds. The van der Waals surface area contributed by atoms with Crippen LogP contribution in [0.3, 0.4) is 0 Å². The molecule has 0 bridgehead atoms. The summed E-state index contributed by atoms with van der Waals surface area (Å²) in [5.41, 5.74) is 5.67. The van der Waals surface area contributed by atoms with Gasteiger partial charge in [-0.3, -0.25) is 4.79 Å². The quantitative estimate of drug-likeness (QED) is 0.0996. The Morgan fingerprint density at radius 1 is 0.978 bits per heavy atom. The van der Waals surface area contributed by atoms with Crippen molar-refractivity contribution in [1.29, 1.82) is 0 Å². The number of aryl methyl sites for hydroxylation is 1. The number of allylic oxidation sites excluding steroid dienone is 1. The number of para-hydroxylation sites is 1. The van der Waals surface area contributed by atoms with Gasteiger partial charge in [0.05, 0.1) is 31.3 Å². The van der Waals surface area contributed by atoms with Crippen LogP contribution in [0.25, 0.3) is 22.3 Å². The molecule has 0 atom stereocenters. The van der Waals surface area contributed by atoms with Crippen molar-refractivity contribution in [1.82, 2.24) is 9.66 Å². The van der Waals surface area contributed by atoms with Gasteiger partial charge < -0.3 is 14.2 Å². The maximum atomic E-state index is 13.9. The van der Waals surface area contributed by atoms with Gasteiger partial charge in [0.1, 0.15) is 12.4 Å². The Balaban J connectivity index is 1.62. The first-order valence-corrected chi connectivity index (χ1v) is 16.4. The molecule has 0 aliphatic heterocycles. The Hall–Kier alpha value is -4.21. The van der Waals surface area contributed by atoms with Crippen LogP contribution in [-0.2, 0) is 13.0 Å². The highest BCUT2D eigenvalue weighted by atomic mass is 79.9. The molecule has 7 nitrogen and oxygen atoms in total. The predicted octanol–water partition coefficient (Wildman–Crippen LogP) is 9.23. The Morgan fingerprint density at radius 2 is 1.74 bits per heavy atom. The minimum Gasteiger partial charge on any atom is -0.496 e. The Labute approximate surface area is 285 Å². The van der Waals surface area contributed by atoms with Gasteiger partial charge in [-0.1, -0.05) is 70.0 Å². The first-order valence-electron chi connectivity index (χ1n) is 14.8. The van der Waals surface area contributed by atoms with E-state index in [2.05, 4.69) is 52.3 Å². The maximum absolute atomic E-state index is 13.9. The number of hydrogen-bond acceptors (Lipinski definition) is 6. The van der Waals surface area contributed by atoms with Crippen LogP contribution in [0.15, 0.2) is 98.2 Å². The third-order valence-electron chi connectivity index (χ3n) is 7.64. The molecule has 1 heterocycles. The third-order valence-corrected chi connectivity index (χ3v) is 8.87. The monoisotopic (exact) mass is 743 g/mol. The van der Waals surface area contributed by atoms with Crippen LogP contribution in [0.2, 0.25) is 0 Å². The molecule has 9 heteroatoms.